The van der Waals surface area contributed by atoms with E-state index in [1.807, 2.05) is 43.9 Å². The van der Waals surface area contributed by atoms with E-state index in [-0.39, 0.29) is 22.5 Å². The third kappa shape index (κ3) is 5.33. The van der Waals surface area contributed by atoms with Crippen molar-refractivity contribution in [1.29, 1.82) is 0 Å². The Morgan fingerprint density at radius 2 is 1.59 bits per heavy atom. The summed E-state index contributed by atoms with van der Waals surface area (Å²) >= 11 is 0. The molecule has 3 aliphatic rings. The summed E-state index contributed by atoms with van der Waals surface area (Å²) in [6.07, 6.45) is 5.18. The molecule has 1 aliphatic carbocycles. The van der Waals surface area contributed by atoms with Gasteiger partial charge in [-0.25, -0.2) is 0 Å². The Kier molecular flexibility index (Phi) is 8.24. The molecule has 0 spiro atoms. The molecule has 2 aromatic carbocycles. The fraction of sp³-hybridized carbons (Fsp3) is 0.441. The molecule has 5 rings (SSSR count). The van der Waals surface area contributed by atoms with Crippen LogP contribution in [0.2, 0.25) is 0 Å². The predicted molar refractivity (Wildman–Crippen MR) is 171 cm³/mol. The highest BCUT2D eigenvalue weighted by Crippen LogP contribution is 2.52. The summed E-state index contributed by atoms with van der Waals surface area (Å²) in [5, 5.41) is 31.8. The van der Waals surface area contributed by atoms with E-state index in [1.165, 1.54) is 12.1 Å². The highest BCUT2D eigenvalue weighted by atomic mass is 32.2. The Balaban J connectivity index is 1.47. The van der Waals surface area contributed by atoms with Crippen LogP contribution in [0, 0.1) is 5.92 Å². The second kappa shape index (κ2) is 11.4. The monoisotopic (exact) mass is 622 g/mol. The molecule has 0 bridgehead atoms. The number of likely N-dealkylation sites (N-methyl/N-ethyl adjacent to an activating group) is 1. The van der Waals surface area contributed by atoms with E-state index < -0.39 is 33.5 Å². The average molecular weight is 623 g/mol. The van der Waals surface area contributed by atoms with E-state index in [0.717, 1.165) is 46.7 Å². The first-order chi connectivity index (χ1) is 20.6. The zero-order chi connectivity index (χ0) is 32.2. The number of benzene rings is 2. The molecule has 0 saturated carbocycles. The highest BCUT2D eigenvalue weighted by Gasteiger charge is 2.46. The summed E-state index contributed by atoms with van der Waals surface area (Å²) in [4.78, 5) is 15.0. The summed E-state index contributed by atoms with van der Waals surface area (Å²) < 4.78 is 33.3. The lowest BCUT2D eigenvalue weighted by molar-refractivity contribution is -0.137. The Labute approximate surface area is 259 Å². The molecule has 0 radical (unpaired) electrons. The number of anilines is 2. The fourth-order valence-electron chi connectivity index (χ4n) is 6.96. The summed E-state index contributed by atoms with van der Waals surface area (Å²) in [7, 11) is -4.38. The maximum absolute atomic E-state index is 11.9. The van der Waals surface area contributed by atoms with Gasteiger partial charge in [-0.2, -0.15) is 8.42 Å². The largest absolute Gasteiger partial charge is 0.511 e. The number of rotatable bonds is 10. The van der Waals surface area contributed by atoms with Crippen LogP contribution in [0.15, 0.2) is 82.2 Å². The van der Waals surface area contributed by atoms with Crippen molar-refractivity contribution in [3.63, 3.8) is 0 Å². The summed E-state index contributed by atoms with van der Waals surface area (Å²) in [6.45, 7) is 11.4. The number of hydrogen-bond donors (Lipinski definition) is 4. The van der Waals surface area contributed by atoms with Crippen molar-refractivity contribution in [1.82, 2.24) is 0 Å². The SMILES string of the molecule is CCN1/C(=C\C2=C(O)C(/C=C3/N(CCCCCC(=O)O)c4ccccc4C3(C)C)C2O)C(C)(C)c2cc(S(=O)(=O)O)ccc21. The molecule has 2 atom stereocenters. The molecule has 10 heteroatoms. The van der Waals surface area contributed by atoms with Crippen molar-refractivity contribution in [2.24, 2.45) is 5.92 Å². The van der Waals surface area contributed by atoms with Crippen molar-refractivity contribution in [2.45, 2.75) is 82.1 Å². The minimum absolute atomic E-state index is 0.0899. The van der Waals surface area contributed by atoms with Gasteiger partial charge in [0.15, 0.2) is 0 Å². The number of aliphatic hydroxyl groups excluding tert-OH is 2. The van der Waals surface area contributed by atoms with E-state index >= 15 is 0 Å². The fourth-order valence-corrected chi connectivity index (χ4v) is 7.46. The molecule has 0 saturated heterocycles. The topological polar surface area (TPSA) is 139 Å². The first kappa shape index (κ1) is 31.8. The number of carboxylic acid groups (broad SMARTS) is 1. The quantitative estimate of drug-likeness (QED) is 0.184. The molecule has 9 nitrogen and oxygen atoms in total. The van der Waals surface area contributed by atoms with Crippen molar-refractivity contribution in [2.75, 3.05) is 22.9 Å². The smallest absolute Gasteiger partial charge is 0.303 e. The zero-order valence-electron chi connectivity index (χ0n) is 25.9. The normalized spacial score (nSPS) is 23.7. The van der Waals surface area contributed by atoms with Crippen LogP contribution >= 0.6 is 0 Å². The van der Waals surface area contributed by atoms with Gasteiger partial charge in [0.25, 0.3) is 10.1 Å². The highest BCUT2D eigenvalue weighted by molar-refractivity contribution is 7.85. The van der Waals surface area contributed by atoms with Crippen LogP contribution in [-0.4, -0.2) is 53.5 Å². The van der Waals surface area contributed by atoms with Crippen molar-refractivity contribution in [3.05, 3.63) is 88.5 Å². The van der Waals surface area contributed by atoms with E-state index in [2.05, 4.69) is 30.9 Å². The minimum atomic E-state index is -4.38. The molecule has 236 valence electrons. The molecule has 0 fully saturated rings. The number of aliphatic carboxylic acids is 1. The van der Waals surface area contributed by atoms with Crippen molar-refractivity contribution in [3.8, 4) is 0 Å². The van der Waals surface area contributed by atoms with Gasteiger partial charge in [0.05, 0.1) is 16.9 Å². The van der Waals surface area contributed by atoms with Crippen LogP contribution in [-0.2, 0) is 25.7 Å². The molecule has 44 heavy (non-hydrogen) atoms. The summed E-state index contributed by atoms with van der Waals surface area (Å²) in [5.41, 5.74) is 4.97. The second-order valence-electron chi connectivity index (χ2n) is 12.9. The summed E-state index contributed by atoms with van der Waals surface area (Å²) in [5.74, 6) is -1.31. The Bertz CT molecular complexity index is 1690. The number of nitrogens with zero attached hydrogens (tertiary/aromatic N) is 2. The van der Waals surface area contributed by atoms with E-state index in [4.69, 9.17) is 5.11 Å². The van der Waals surface area contributed by atoms with Gasteiger partial charge >= 0.3 is 5.97 Å². The van der Waals surface area contributed by atoms with Gasteiger partial charge in [0.1, 0.15) is 5.76 Å². The predicted octanol–water partition coefficient (Wildman–Crippen LogP) is 6.06. The van der Waals surface area contributed by atoms with E-state index in [9.17, 15) is 28.0 Å². The number of hydrogen-bond acceptors (Lipinski definition) is 7. The Morgan fingerprint density at radius 1 is 0.932 bits per heavy atom. The lowest BCUT2D eigenvalue weighted by Crippen LogP contribution is -2.38. The zero-order valence-corrected chi connectivity index (χ0v) is 26.7. The molecule has 2 unspecified atom stereocenters. The number of allylic oxidation sites excluding steroid dienone is 2. The molecule has 0 aromatic heterocycles. The van der Waals surface area contributed by atoms with Gasteiger partial charge in [-0.05, 0) is 61.2 Å². The molecule has 4 N–H and O–H groups in total. The van der Waals surface area contributed by atoms with Crippen molar-refractivity contribution < 1.29 is 33.1 Å². The van der Waals surface area contributed by atoms with Gasteiger partial charge in [0, 0.05) is 58.7 Å². The molecular formula is C34H42N2O7S. The van der Waals surface area contributed by atoms with Crippen LogP contribution in [0.5, 0.6) is 0 Å². The van der Waals surface area contributed by atoms with Crippen LogP contribution in [0.25, 0.3) is 0 Å². The lowest BCUT2D eigenvalue weighted by Gasteiger charge is -2.37. The maximum atomic E-state index is 11.9. The Morgan fingerprint density at radius 3 is 2.23 bits per heavy atom. The number of aliphatic hydroxyl groups is 2. The van der Waals surface area contributed by atoms with Crippen LogP contribution in [0.4, 0.5) is 11.4 Å². The van der Waals surface area contributed by atoms with Gasteiger partial charge < -0.3 is 25.1 Å². The maximum Gasteiger partial charge on any atom is 0.303 e. The number of unbranched alkanes of at least 4 members (excludes halogenated alkanes) is 2. The second-order valence-corrected chi connectivity index (χ2v) is 14.3. The van der Waals surface area contributed by atoms with Crippen LogP contribution in [0.3, 0.4) is 0 Å². The van der Waals surface area contributed by atoms with Crippen LogP contribution in [0.1, 0.15) is 71.4 Å². The lowest BCUT2D eigenvalue weighted by atomic mass is 9.75. The number of para-hydroxylation sites is 1. The molecule has 0 amide bonds. The van der Waals surface area contributed by atoms with E-state index in [1.54, 1.807) is 12.1 Å². The van der Waals surface area contributed by atoms with Gasteiger partial charge in [-0.15, -0.1) is 0 Å². The first-order valence-electron chi connectivity index (χ1n) is 15.1. The first-order valence-corrected chi connectivity index (χ1v) is 16.6. The third-order valence-electron chi connectivity index (χ3n) is 9.45. The Hall–Kier alpha value is -3.60. The van der Waals surface area contributed by atoms with Gasteiger partial charge in [0.2, 0.25) is 0 Å². The van der Waals surface area contributed by atoms with Gasteiger partial charge in [-0.3, -0.25) is 9.35 Å². The number of carboxylic acids is 1. The minimum Gasteiger partial charge on any atom is -0.511 e. The number of carbonyl (C=O) groups is 1. The molecule has 2 aliphatic heterocycles. The molecule has 2 heterocycles. The standard InChI is InChI=1S/C34H42N2O7S/c1-6-35-27-16-15-21(44(41,42)43)18-25(27)34(4,5)28(35)19-22-31(39)23(32(22)40)20-29-33(2,3)24-12-9-10-13-26(24)36(29)17-11-7-8-14-30(37)38/h9-10,12-13,15-16,18-20,23,31,39-40H,6-8,11,14,17H2,1-5H3,(H,37,38)(H,41,42,43)/b28-19-,29-20+. The molecule has 2 aromatic rings. The van der Waals surface area contributed by atoms with Crippen molar-refractivity contribution >= 4 is 27.5 Å². The third-order valence-corrected chi connectivity index (χ3v) is 10.3. The number of fused-ring (bicyclic) bond motifs is 2. The average Bonchev–Trinajstić information content (AvgIpc) is 3.31. The van der Waals surface area contributed by atoms with Crippen LogP contribution < -0.4 is 9.80 Å². The van der Waals surface area contributed by atoms with E-state index in [0.29, 0.717) is 25.1 Å². The van der Waals surface area contributed by atoms with Gasteiger partial charge in [-0.1, -0.05) is 58.4 Å². The summed E-state index contributed by atoms with van der Waals surface area (Å²) in [6, 6.07) is 12.7. The molecular weight excluding hydrogens is 580 g/mol.